The van der Waals surface area contributed by atoms with Gasteiger partial charge in [-0.05, 0) is 31.9 Å². The SMILES string of the molecule is Cc1cc(C(=O)n2ccccc2=NC2CCCCC2)no1. The molecule has 1 aliphatic carbocycles. The maximum absolute atomic E-state index is 12.5. The Bertz CT molecular complexity index is 693. The van der Waals surface area contributed by atoms with E-state index in [1.807, 2.05) is 18.2 Å². The van der Waals surface area contributed by atoms with Crippen LogP contribution in [-0.2, 0) is 0 Å². The summed E-state index contributed by atoms with van der Waals surface area (Å²) >= 11 is 0. The summed E-state index contributed by atoms with van der Waals surface area (Å²) in [6.07, 6.45) is 7.67. The summed E-state index contributed by atoms with van der Waals surface area (Å²) in [5.74, 6) is 0.419. The fraction of sp³-hybridized carbons (Fsp3) is 0.438. The van der Waals surface area contributed by atoms with Crippen LogP contribution in [0.4, 0.5) is 0 Å². The molecule has 0 radical (unpaired) electrons. The molecule has 0 amide bonds. The van der Waals surface area contributed by atoms with E-state index in [9.17, 15) is 4.79 Å². The minimum Gasteiger partial charge on any atom is -0.361 e. The first-order valence-corrected chi connectivity index (χ1v) is 7.43. The number of carbonyl (C=O) groups is 1. The van der Waals surface area contributed by atoms with Gasteiger partial charge in [-0.3, -0.25) is 14.4 Å². The zero-order valence-electron chi connectivity index (χ0n) is 12.2. The van der Waals surface area contributed by atoms with Gasteiger partial charge >= 0.3 is 0 Å². The van der Waals surface area contributed by atoms with Crippen molar-refractivity contribution in [1.29, 1.82) is 0 Å². The zero-order valence-corrected chi connectivity index (χ0v) is 12.2. The predicted octanol–water partition coefficient (Wildman–Crippen LogP) is 2.71. The topological polar surface area (TPSA) is 60.4 Å². The number of aromatic nitrogens is 2. The Kier molecular flexibility index (Phi) is 3.99. The van der Waals surface area contributed by atoms with E-state index >= 15 is 0 Å². The molecule has 2 heterocycles. The van der Waals surface area contributed by atoms with Crippen LogP contribution in [-0.4, -0.2) is 21.7 Å². The van der Waals surface area contributed by atoms with Gasteiger partial charge in [0.1, 0.15) is 11.2 Å². The van der Waals surface area contributed by atoms with Crippen LogP contribution in [0.5, 0.6) is 0 Å². The van der Waals surface area contributed by atoms with Gasteiger partial charge in [0.05, 0.1) is 6.04 Å². The second-order valence-corrected chi connectivity index (χ2v) is 5.48. The van der Waals surface area contributed by atoms with Gasteiger partial charge in [-0.15, -0.1) is 0 Å². The monoisotopic (exact) mass is 285 g/mol. The predicted molar refractivity (Wildman–Crippen MR) is 77.8 cm³/mol. The van der Waals surface area contributed by atoms with Gasteiger partial charge in [-0.1, -0.05) is 30.5 Å². The smallest absolute Gasteiger partial charge is 0.285 e. The van der Waals surface area contributed by atoms with E-state index in [1.54, 1.807) is 23.8 Å². The van der Waals surface area contributed by atoms with Gasteiger partial charge in [-0.2, -0.15) is 0 Å². The number of nitrogens with zero attached hydrogens (tertiary/aromatic N) is 3. The number of aryl methyl sites for hydroxylation is 1. The van der Waals surface area contributed by atoms with Crippen LogP contribution in [0.1, 0.15) is 48.4 Å². The molecular weight excluding hydrogens is 266 g/mol. The largest absolute Gasteiger partial charge is 0.361 e. The van der Waals surface area contributed by atoms with Crippen molar-refractivity contribution in [2.24, 2.45) is 4.99 Å². The van der Waals surface area contributed by atoms with Crippen molar-refractivity contribution in [3.8, 4) is 0 Å². The lowest BCUT2D eigenvalue weighted by atomic mass is 9.96. The number of rotatable bonds is 2. The lowest BCUT2D eigenvalue weighted by molar-refractivity contribution is 0.0945. The molecule has 0 aliphatic heterocycles. The summed E-state index contributed by atoms with van der Waals surface area (Å²) in [6, 6.07) is 7.57. The quantitative estimate of drug-likeness (QED) is 0.852. The summed E-state index contributed by atoms with van der Waals surface area (Å²) < 4.78 is 6.53. The van der Waals surface area contributed by atoms with E-state index in [0.717, 1.165) is 12.8 Å². The highest BCUT2D eigenvalue weighted by Crippen LogP contribution is 2.19. The zero-order chi connectivity index (χ0) is 14.7. The molecule has 0 unspecified atom stereocenters. The van der Waals surface area contributed by atoms with Crippen molar-refractivity contribution in [3.05, 3.63) is 47.4 Å². The molecule has 2 aromatic heterocycles. The van der Waals surface area contributed by atoms with E-state index in [0.29, 0.717) is 23.0 Å². The second-order valence-electron chi connectivity index (χ2n) is 5.48. The average Bonchev–Trinajstić information content (AvgIpc) is 2.95. The molecule has 0 spiro atoms. The molecule has 21 heavy (non-hydrogen) atoms. The lowest BCUT2D eigenvalue weighted by Gasteiger charge is -2.17. The molecule has 1 aliphatic rings. The third-order valence-electron chi connectivity index (χ3n) is 3.79. The molecule has 0 atom stereocenters. The molecule has 5 nitrogen and oxygen atoms in total. The van der Waals surface area contributed by atoms with Gasteiger partial charge in [0.25, 0.3) is 5.91 Å². The third kappa shape index (κ3) is 3.12. The molecule has 5 heteroatoms. The Morgan fingerprint density at radius 2 is 2.14 bits per heavy atom. The fourth-order valence-electron chi connectivity index (χ4n) is 2.70. The molecule has 0 aromatic carbocycles. The summed E-state index contributed by atoms with van der Waals surface area (Å²) in [4.78, 5) is 17.3. The van der Waals surface area contributed by atoms with Crippen LogP contribution in [0.2, 0.25) is 0 Å². The average molecular weight is 285 g/mol. The van der Waals surface area contributed by atoms with E-state index in [4.69, 9.17) is 9.52 Å². The minimum atomic E-state index is -0.206. The van der Waals surface area contributed by atoms with E-state index in [1.165, 1.54) is 19.3 Å². The van der Waals surface area contributed by atoms with Gasteiger partial charge in [0.15, 0.2) is 5.69 Å². The molecule has 1 saturated carbocycles. The highest BCUT2D eigenvalue weighted by molar-refractivity contribution is 5.93. The van der Waals surface area contributed by atoms with E-state index in [-0.39, 0.29) is 5.91 Å². The Morgan fingerprint density at radius 3 is 2.86 bits per heavy atom. The Morgan fingerprint density at radius 1 is 1.33 bits per heavy atom. The van der Waals surface area contributed by atoms with E-state index in [2.05, 4.69) is 5.16 Å². The molecule has 3 rings (SSSR count). The summed E-state index contributed by atoms with van der Waals surface area (Å²) in [5, 5.41) is 3.79. The lowest BCUT2D eigenvalue weighted by Crippen LogP contribution is -2.29. The number of hydrogen-bond donors (Lipinski definition) is 0. The molecule has 0 bridgehead atoms. The molecular formula is C16H19N3O2. The van der Waals surface area contributed by atoms with Gasteiger partial charge < -0.3 is 4.52 Å². The number of hydrogen-bond acceptors (Lipinski definition) is 4. The van der Waals surface area contributed by atoms with Crippen molar-refractivity contribution >= 4 is 5.91 Å². The summed E-state index contributed by atoms with van der Waals surface area (Å²) in [7, 11) is 0. The summed E-state index contributed by atoms with van der Waals surface area (Å²) in [5.41, 5.74) is 0.999. The van der Waals surface area contributed by atoms with Crippen molar-refractivity contribution in [2.45, 2.75) is 45.1 Å². The second kappa shape index (κ2) is 6.08. The molecule has 2 aromatic rings. The third-order valence-corrected chi connectivity index (χ3v) is 3.79. The number of carbonyl (C=O) groups excluding carboxylic acids is 1. The first kappa shape index (κ1) is 13.8. The molecule has 110 valence electrons. The maximum atomic E-state index is 12.5. The van der Waals surface area contributed by atoms with Crippen LogP contribution in [0.3, 0.4) is 0 Å². The van der Waals surface area contributed by atoms with E-state index < -0.39 is 0 Å². The Balaban J connectivity index is 1.95. The van der Waals surface area contributed by atoms with Gasteiger partial charge in [-0.25, -0.2) is 0 Å². The van der Waals surface area contributed by atoms with Crippen LogP contribution in [0, 0.1) is 6.92 Å². The molecule has 1 fully saturated rings. The van der Waals surface area contributed by atoms with Crippen molar-refractivity contribution in [3.63, 3.8) is 0 Å². The summed E-state index contributed by atoms with van der Waals surface area (Å²) in [6.45, 7) is 1.77. The maximum Gasteiger partial charge on any atom is 0.285 e. The van der Waals surface area contributed by atoms with Crippen LogP contribution >= 0.6 is 0 Å². The van der Waals surface area contributed by atoms with Crippen molar-refractivity contribution < 1.29 is 9.32 Å². The van der Waals surface area contributed by atoms with Crippen molar-refractivity contribution in [1.82, 2.24) is 9.72 Å². The van der Waals surface area contributed by atoms with Crippen LogP contribution in [0.15, 0.2) is 40.0 Å². The number of pyridine rings is 1. The first-order valence-electron chi connectivity index (χ1n) is 7.43. The van der Waals surface area contributed by atoms with Gasteiger partial charge in [0, 0.05) is 12.3 Å². The Hall–Kier alpha value is -2.17. The highest BCUT2D eigenvalue weighted by atomic mass is 16.5. The first-order chi connectivity index (χ1) is 10.2. The molecule has 0 N–H and O–H groups in total. The standard InChI is InChI=1S/C16H19N3O2/c1-12-11-14(18-21-12)16(20)19-10-6-5-9-15(19)17-13-7-3-2-4-8-13/h5-6,9-11,13H,2-4,7-8H2,1H3. The minimum absolute atomic E-state index is 0.206. The van der Waals surface area contributed by atoms with Crippen LogP contribution in [0.25, 0.3) is 0 Å². The van der Waals surface area contributed by atoms with Crippen LogP contribution < -0.4 is 5.49 Å². The molecule has 0 saturated heterocycles. The van der Waals surface area contributed by atoms with Crippen molar-refractivity contribution in [2.75, 3.05) is 0 Å². The fourth-order valence-corrected chi connectivity index (χ4v) is 2.70. The Labute approximate surface area is 123 Å². The van der Waals surface area contributed by atoms with Gasteiger partial charge in [0.2, 0.25) is 0 Å². The normalized spacial score (nSPS) is 17.1. The highest BCUT2D eigenvalue weighted by Gasteiger charge is 2.15.